The van der Waals surface area contributed by atoms with Crippen molar-refractivity contribution in [2.75, 3.05) is 0 Å². The molecule has 0 radical (unpaired) electrons. The highest BCUT2D eigenvalue weighted by Crippen LogP contribution is 2.80. The number of carbonyl (C=O) groups is 3. The van der Waals surface area contributed by atoms with Crippen LogP contribution in [0, 0.1) is 51.8 Å². The zero-order chi connectivity index (χ0) is 26.2. The average molecular weight is 499 g/mol. The molecule has 0 saturated heterocycles. The van der Waals surface area contributed by atoms with E-state index in [1.807, 2.05) is 6.92 Å². The molecule has 11 atom stereocenters. The minimum absolute atomic E-state index is 0.0213. The maximum atomic E-state index is 13.6. The fourth-order valence-corrected chi connectivity index (χ4v) is 10.6. The monoisotopic (exact) mass is 498 g/mol. The molecule has 0 unspecified atom stereocenters. The van der Waals surface area contributed by atoms with Crippen molar-refractivity contribution in [1.82, 2.24) is 0 Å². The van der Waals surface area contributed by atoms with E-state index in [-0.39, 0.29) is 34.1 Å². The third-order valence-electron chi connectivity index (χ3n) is 12.1. The summed E-state index contributed by atoms with van der Waals surface area (Å²) >= 11 is 0. The molecule has 5 nitrogen and oxygen atoms in total. The van der Waals surface area contributed by atoms with E-state index >= 15 is 0 Å². The second-order valence-corrected chi connectivity index (χ2v) is 13.8. The molecule has 0 aromatic heterocycles. The lowest BCUT2D eigenvalue weighted by molar-refractivity contribution is -0.175. The molecular formula is C31H46O5. The highest BCUT2D eigenvalue weighted by Gasteiger charge is 2.77. The zero-order valence-corrected chi connectivity index (χ0v) is 23.2. The number of ketones is 1. The van der Waals surface area contributed by atoms with E-state index in [1.54, 1.807) is 0 Å². The predicted octanol–water partition coefficient (Wildman–Crippen LogP) is 6.29. The number of rotatable bonds is 7. The lowest BCUT2D eigenvalue weighted by Crippen LogP contribution is -2.56. The minimum atomic E-state index is -0.529. The van der Waals surface area contributed by atoms with Gasteiger partial charge in [0.25, 0.3) is 0 Å². The molecule has 0 aromatic rings. The van der Waals surface area contributed by atoms with Gasteiger partial charge in [-0.3, -0.25) is 14.4 Å². The Morgan fingerprint density at radius 3 is 2.31 bits per heavy atom. The Labute approximate surface area is 217 Å². The van der Waals surface area contributed by atoms with E-state index in [1.165, 1.54) is 39.5 Å². The zero-order valence-electron chi connectivity index (χ0n) is 23.2. The van der Waals surface area contributed by atoms with Crippen LogP contribution in [-0.2, 0) is 23.9 Å². The van der Waals surface area contributed by atoms with Gasteiger partial charge >= 0.3 is 11.9 Å². The molecule has 5 rings (SSSR count). The summed E-state index contributed by atoms with van der Waals surface area (Å²) in [5.41, 5.74) is 1.23. The van der Waals surface area contributed by atoms with Crippen LogP contribution in [0.15, 0.2) is 12.2 Å². The largest absolute Gasteiger partial charge is 0.458 e. The van der Waals surface area contributed by atoms with E-state index in [0.717, 1.165) is 31.3 Å². The van der Waals surface area contributed by atoms with Crippen molar-refractivity contribution in [1.29, 1.82) is 0 Å². The van der Waals surface area contributed by atoms with Crippen molar-refractivity contribution in [3.05, 3.63) is 12.2 Å². The molecule has 0 bridgehead atoms. The highest BCUT2D eigenvalue weighted by molar-refractivity contribution is 5.91. The molecule has 0 amide bonds. The summed E-state index contributed by atoms with van der Waals surface area (Å²) < 4.78 is 11.6. The topological polar surface area (TPSA) is 69.7 Å². The molecule has 36 heavy (non-hydrogen) atoms. The SMILES string of the molecule is C=C(C)C[C@@H](OC(C)=O)[C@H](OC(C)=O)[C@@H](C)[C@H]1CC[C@H]2[C@@H]3CC(=O)[C@]45C[C@H]4CC[C@]5(C)[C@H]3CC[C@]12C. The molecule has 5 saturated carbocycles. The Morgan fingerprint density at radius 2 is 1.69 bits per heavy atom. The van der Waals surface area contributed by atoms with Gasteiger partial charge in [-0.05, 0) is 92.3 Å². The average Bonchev–Trinajstić information content (AvgIpc) is 3.30. The van der Waals surface area contributed by atoms with Gasteiger partial charge in [0.1, 0.15) is 18.0 Å². The van der Waals surface area contributed by atoms with Crippen LogP contribution in [0.1, 0.15) is 99.3 Å². The maximum absolute atomic E-state index is 13.6. The number of hydrogen-bond acceptors (Lipinski definition) is 5. The summed E-state index contributed by atoms with van der Waals surface area (Å²) in [6, 6.07) is 0. The third kappa shape index (κ3) is 3.65. The number of Topliss-reactive ketones (excluding diaryl/α,β-unsaturated/α-hetero) is 1. The molecule has 0 N–H and O–H groups in total. The Balaban J connectivity index is 1.41. The third-order valence-corrected chi connectivity index (χ3v) is 12.1. The van der Waals surface area contributed by atoms with Crippen LogP contribution in [0.5, 0.6) is 0 Å². The molecular weight excluding hydrogens is 452 g/mol. The molecule has 5 heteroatoms. The summed E-state index contributed by atoms with van der Waals surface area (Å²) in [4.78, 5) is 37.8. The number of fused-ring (bicyclic) bond motifs is 4. The van der Waals surface area contributed by atoms with Crippen LogP contribution in [-0.4, -0.2) is 29.9 Å². The van der Waals surface area contributed by atoms with Crippen molar-refractivity contribution < 1.29 is 23.9 Å². The van der Waals surface area contributed by atoms with Gasteiger partial charge in [0, 0.05) is 38.0 Å². The van der Waals surface area contributed by atoms with Crippen LogP contribution < -0.4 is 0 Å². The first-order valence-corrected chi connectivity index (χ1v) is 14.4. The number of ether oxygens (including phenoxy) is 2. The lowest BCUT2D eigenvalue weighted by atomic mass is 9.45. The number of hydrogen-bond donors (Lipinski definition) is 0. The maximum Gasteiger partial charge on any atom is 0.303 e. The second-order valence-electron chi connectivity index (χ2n) is 13.8. The van der Waals surface area contributed by atoms with E-state index in [4.69, 9.17) is 9.47 Å². The summed E-state index contributed by atoms with van der Waals surface area (Å²) in [7, 11) is 0. The highest BCUT2D eigenvalue weighted by atomic mass is 16.6. The Bertz CT molecular complexity index is 954. The summed E-state index contributed by atoms with van der Waals surface area (Å²) in [5, 5.41) is 0. The van der Waals surface area contributed by atoms with Crippen LogP contribution in [0.4, 0.5) is 0 Å². The van der Waals surface area contributed by atoms with Gasteiger partial charge in [-0.15, -0.1) is 0 Å². The fraction of sp³-hybridized carbons (Fsp3) is 0.839. The smallest absolute Gasteiger partial charge is 0.303 e. The number of carbonyl (C=O) groups excluding carboxylic acids is 3. The van der Waals surface area contributed by atoms with E-state index in [9.17, 15) is 14.4 Å². The van der Waals surface area contributed by atoms with Gasteiger partial charge in [0.15, 0.2) is 0 Å². The quantitative estimate of drug-likeness (QED) is 0.305. The molecule has 0 heterocycles. The summed E-state index contributed by atoms with van der Waals surface area (Å²) in [6.45, 7) is 15.9. The molecule has 0 aliphatic heterocycles. The van der Waals surface area contributed by atoms with Crippen LogP contribution >= 0.6 is 0 Å². The standard InChI is InChI=1S/C31H46O5/c1-17(2)14-26(35-19(4)32)28(36-20(5)33)18(3)23-8-9-24-22-15-27(34)31-16-21(31)10-13-30(31,7)25(22)11-12-29(23,24)6/h18,21-26,28H,1,8-16H2,2-7H3/t18-,21+,22-,23+,24-,25-,26+,28+,29+,30+,31-/m0/s1. The first-order chi connectivity index (χ1) is 16.8. The summed E-state index contributed by atoms with van der Waals surface area (Å²) in [6.07, 6.45) is 8.44. The molecule has 5 fully saturated rings. The van der Waals surface area contributed by atoms with Crippen LogP contribution in [0.2, 0.25) is 0 Å². The van der Waals surface area contributed by atoms with Gasteiger partial charge in [0.2, 0.25) is 0 Å². The first kappa shape index (κ1) is 26.0. The molecule has 200 valence electrons. The predicted molar refractivity (Wildman–Crippen MR) is 138 cm³/mol. The fourth-order valence-electron chi connectivity index (χ4n) is 10.6. The van der Waals surface area contributed by atoms with E-state index in [2.05, 4.69) is 27.4 Å². The lowest BCUT2D eigenvalue weighted by Gasteiger charge is -2.58. The first-order valence-electron chi connectivity index (χ1n) is 14.4. The molecule has 5 aliphatic rings. The van der Waals surface area contributed by atoms with Crippen molar-refractivity contribution in [2.45, 2.75) is 112 Å². The minimum Gasteiger partial charge on any atom is -0.458 e. The van der Waals surface area contributed by atoms with Crippen molar-refractivity contribution in [3.63, 3.8) is 0 Å². The van der Waals surface area contributed by atoms with Gasteiger partial charge in [-0.2, -0.15) is 0 Å². The Morgan fingerprint density at radius 1 is 1.00 bits per heavy atom. The Hall–Kier alpha value is -1.65. The summed E-state index contributed by atoms with van der Waals surface area (Å²) in [5.74, 6) is 2.61. The molecule has 0 aromatic carbocycles. The van der Waals surface area contributed by atoms with Crippen LogP contribution in [0.25, 0.3) is 0 Å². The molecule has 5 aliphatic carbocycles. The number of esters is 2. The van der Waals surface area contributed by atoms with E-state index in [0.29, 0.717) is 41.8 Å². The van der Waals surface area contributed by atoms with Gasteiger partial charge < -0.3 is 9.47 Å². The van der Waals surface area contributed by atoms with Gasteiger partial charge in [-0.1, -0.05) is 32.9 Å². The van der Waals surface area contributed by atoms with Crippen molar-refractivity contribution in [3.8, 4) is 0 Å². The normalized spacial score (nSPS) is 44.8. The molecule has 1 spiro atoms. The van der Waals surface area contributed by atoms with Crippen LogP contribution in [0.3, 0.4) is 0 Å². The second kappa shape index (κ2) is 8.70. The van der Waals surface area contributed by atoms with E-state index < -0.39 is 12.2 Å². The Kier molecular flexibility index (Phi) is 6.28. The van der Waals surface area contributed by atoms with Gasteiger partial charge in [0.05, 0.1) is 0 Å². The van der Waals surface area contributed by atoms with Crippen molar-refractivity contribution in [2.24, 2.45) is 51.8 Å². The van der Waals surface area contributed by atoms with Gasteiger partial charge in [-0.25, -0.2) is 0 Å². The van der Waals surface area contributed by atoms with Crippen molar-refractivity contribution >= 4 is 17.7 Å².